The molecule has 0 saturated heterocycles. The maximum Gasteiger partial charge on any atom is 1.00 e. The van der Waals surface area contributed by atoms with Crippen molar-refractivity contribution in [2.45, 2.75) is 58.9 Å². The van der Waals surface area contributed by atoms with Crippen LogP contribution in [0.1, 0.15) is 52.9 Å². The topological polar surface area (TPSA) is 72.5 Å². The van der Waals surface area contributed by atoms with Gasteiger partial charge in [0.05, 0.1) is 12.0 Å². The fourth-order valence-corrected chi connectivity index (χ4v) is 2.87. The number of rotatable bonds is 6. The van der Waals surface area contributed by atoms with Crippen LogP contribution in [-0.4, -0.2) is 36.0 Å². The van der Waals surface area contributed by atoms with E-state index in [0.717, 1.165) is 25.7 Å². The third-order valence-corrected chi connectivity index (χ3v) is 4.14. The molecule has 5 nitrogen and oxygen atoms in total. The zero-order valence-corrected chi connectivity index (χ0v) is 13.2. The molecule has 20 heavy (non-hydrogen) atoms. The van der Waals surface area contributed by atoms with Crippen LogP contribution in [0.15, 0.2) is 0 Å². The van der Waals surface area contributed by atoms with E-state index in [0.29, 0.717) is 19.5 Å². The van der Waals surface area contributed by atoms with Crippen LogP contribution in [0.4, 0.5) is 4.79 Å². The SMILES string of the molecule is CCN(CC)C(=O)NC(CC1(C)CCCC1)C(=O)[O-].[Li+]. The molecule has 110 valence electrons. The minimum atomic E-state index is -1.19. The summed E-state index contributed by atoms with van der Waals surface area (Å²) in [6, 6.07) is -1.21. The molecule has 0 aliphatic heterocycles. The van der Waals surface area contributed by atoms with E-state index in [1.54, 1.807) is 4.90 Å². The minimum Gasteiger partial charge on any atom is -0.548 e. The first-order valence-corrected chi connectivity index (χ1v) is 7.18. The van der Waals surface area contributed by atoms with Gasteiger partial charge in [0.2, 0.25) is 0 Å². The molecule has 1 unspecified atom stereocenters. The van der Waals surface area contributed by atoms with Crippen LogP contribution in [0.3, 0.4) is 0 Å². The second-order valence-corrected chi connectivity index (χ2v) is 5.72. The first kappa shape index (κ1) is 19.3. The summed E-state index contributed by atoms with van der Waals surface area (Å²) in [5, 5.41) is 13.8. The molecule has 1 aliphatic rings. The van der Waals surface area contributed by atoms with Crippen molar-refractivity contribution in [3.63, 3.8) is 0 Å². The van der Waals surface area contributed by atoms with Crippen LogP contribution in [0, 0.1) is 5.41 Å². The Morgan fingerprint density at radius 1 is 1.25 bits per heavy atom. The number of carbonyl (C=O) groups excluding carboxylic acids is 2. The number of nitrogens with one attached hydrogen (secondary N) is 1. The third-order valence-electron chi connectivity index (χ3n) is 4.14. The first-order valence-electron chi connectivity index (χ1n) is 7.18. The summed E-state index contributed by atoms with van der Waals surface area (Å²) in [5.74, 6) is -1.19. The molecule has 0 aromatic carbocycles. The number of carbonyl (C=O) groups is 2. The maximum absolute atomic E-state index is 11.9. The fraction of sp³-hybridized carbons (Fsp3) is 0.857. The van der Waals surface area contributed by atoms with Gasteiger partial charge in [-0.1, -0.05) is 19.8 Å². The molecule has 1 N–H and O–H groups in total. The average Bonchev–Trinajstić information content (AvgIpc) is 2.76. The van der Waals surface area contributed by atoms with Gasteiger partial charge in [0.25, 0.3) is 0 Å². The molecule has 1 aliphatic carbocycles. The third kappa shape index (κ3) is 5.38. The Kier molecular flexibility index (Phi) is 8.30. The van der Waals surface area contributed by atoms with Crippen LogP contribution >= 0.6 is 0 Å². The largest absolute Gasteiger partial charge is 1.00 e. The van der Waals surface area contributed by atoms with E-state index in [4.69, 9.17) is 0 Å². The zero-order valence-electron chi connectivity index (χ0n) is 13.2. The Morgan fingerprint density at radius 2 is 1.75 bits per heavy atom. The van der Waals surface area contributed by atoms with E-state index in [-0.39, 0.29) is 30.3 Å². The van der Waals surface area contributed by atoms with Crippen molar-refractivity contribution in [2.75, 3.05) is 13.1 Å². The summed E-state index contributed by atoms with van der Waals surface area (Å²) in [5.41, 5.74) is 0.0152. The summed E-state index contributed by atoms with van der Waals surface area (Å²) in [6.07, 6.45) is 4.79. The Morgan fingerprint density at radius 3 is 2.15 bits per heavy atom. The summed E-state index contributed by atoms with van der Waals surface area (Å²) >= 11 is 0. The Hall–Kier alpha value is -0.663. The van der Waals surface area contributed by atoms with E-state index in [1.165, 1.54) is 0 Å². The number of nitrogens with zero attached hydrogens (tertiary/aromatic N) is 1. The average molecular weight is 276 g/mol. The monoisotopic (exact) mass is 276 g/mol. The smallest absolute Gasteiger partial charge is 0.548 e. The molecule has 1 rings (SSSR count). The number of aliphatic carboxylic acids is 1. The standard InChI is InChI=1S/C14H26N2O3.Li/c1-4-16(5-2)13(19)15-11(12(17)18)10-14(3)8-6-7-9-14;/h11H,4-10H2,1-3H3,(H,15,19)(H,17,18);/q;+1/p-1. The Labute approximate surface area is 133 Å². The molecule has 0 spiro atoms. The Balaban J connectivity index is 0.00000361. The van der Waals surface area contributed by atoms with Gasteiger partial charge in [-0.15, -0.1) is 0 Å². The normalized spacial score (nSPS) is 17.9. The predicted molar refractivity (Wildman–Crippen MR) is 71.4 cm³/mol. The van der Waals surface area contributed by atoms with E-state index in [1.807, 2.05) is 13.8 Å². The quantitative estimate of drug-likeness (QED) is 0.578. The molecular weight excluding hydrogens is 251 g/mol. The number of carboxylic acids is 1. The molecule has 0 radical (unpaired) electrons. The van der Waals surface area contributed by atoms with Gasteiger partial charge in [-0.2, -0.15) is 0 Å². The molecule has 1 atom stereocenters. The summed E-state index contributed by atoms with van der Waals surface area (Å²) in [7, 11) is 0. The second-order valence-electron chi connectivity index (χ2n) is 5.72. The van der Waals surface area contributed by atoms with E-state index < -0.39 is 12.0 Å². The van der Waals surface area contributed by atoms with Crippen molar-refractivity contribution in [1.82, 2.24) is 10.2 Å². The number of carboxylic acid groups (broad SMARTS) is 1. The van der Waals surface area contributed by atoms with Crippen molar-refractivity contribution >= 4 is 12.0 Å². The number of amides is 2. The van der Waals surface area contributed by atoms with Gasteiger partial charge in [-0.25, -0.2) is 4.79 Å². The van der Waals surface area contributed by atoms with Crippen LogP contribution < -0.4 is 29.3 Å². The molecule has 1 fully saturated rings. The number of urea groups is 1. The van der Waals surface area contributed by atoms with Gasteiger partial charge >= 0.3 is 24.9 Å². The van der Waals surface area contributed by atoms with E-state index in [2.05, 4.69) is 12.2 Å². The second kappa shape index (κ2) is 8.59. The maximum atomic E-state index is 11.9. The van der Waals surface area contributed by atoms with Crippen LogP contribution in [0.5, 0.6) is 0 Å². The summed E-state index contributed by atoms with van der Waals surface area (Å²) < 4.78 is 0. The zero-order chi connectivity index (χ0) is 14.5. The molecular formula is C14H25LiN2O3. The number of hydrogen-bond donors (Lipinski definition) is 1. The van der Waals surface area contributed by atoms with Gasteiger partial charge in [0.15, 0.2) is 0 Å². The molecule has 0 bridgehead atoms. The molecule has 0 heterocycles. The fourth-order valence-electron chi connectivity index (χ4n) is 2.87. The molecule has 1 saturated carbocycles. The van der Waals surface area contributed by atoms with E-state index >= 15 is 0 Å². The van der Waals surface area contributed by atoms with E-state index in [9.17, 15) is 14.7 Å². The van der Waals surface area contributed by atoms with Crippen LogP contribution in [0.25, 0.3) is 0 Å². The Bertz CT molecular complexity index is 326. The summed E-state index contributed by atoms with van der Waals surface area (Å²) in [4.78, 5) is 24.7. The number of hydrogen-bond acceptors (Lipinski definition) is 3. The van der Waals surface area contributed by atoms with Crippen LogP contribution in [0.2, 0.25) is 0 Å². The minimum absolute atomic E-state index is 0. The van der Waals surface area contributed by atoms with Gasteiger partial charge in [0.1, 0.15) is 0 Å². The molecule has 0 aromatic heterocycles. The van der Waals surface area contributed by atoms with Crippen molar-refractivity contribution in [1.29, 1.82) is 0 Å². The summed E-state index contributed by atoms with van der Waals surface area (Å²) in [6.45, 7) is 6.98. The first-order chi connectivity index (χ1) is 8.91. The van der Waals surface area contributed by atoms with Crippen molar-refractivity contribution in [2.24, 2.45) is 5.41 Å². The molecule has 0 aromatic rings. The van der Waals surface area contributed by atoms with Gasteiger partial charge in [-0.3, -0.25) is 0 Å². The van der Waals surface area contributed by atoms with Crippen molar-refractivity contribution in [3.8, 4) is 0 Å². The van der Waals surface area contributed by atoms with Crippen molar-refractivity contribution < 1.29 is 33.6 Å². The molecule has 2 amide bonds. The molecule has 6 heteroatoms. The van der Waals surface area contributed by atoms with Crippen LogP contribution in [-0.2, 0) is 4.79 Å². The van der Waals surface area contributed by atoms with Gasteiger partial charge < -0.3 is 20.1 Å². The van der Waals surface area contributed by atoms with Gasteiger partial charge in [0, 0.05) is 13.1 Å². The van der Waals surface area contributed by atoms with Gasteiger partial charge in [-0.05, 0) is 38.5 Å². The van der Waals surface area contributed by atoms with Crippen molar-refractivity contribution in [3.05, 3.63) is 0 Å². The predicted octanol–water partition coefficient (Wildman–Crippen LogP) is -1.87.